The van der Waals surface area contributed by atoms with Crippen LogP contribution in [0.1, 0.15) is 0 Å². The predicted molar refractivity (Wildman–Crippen MR) is 145 cm³/mol. The molecule has 4 aromatic rings. The lowest BCUT2D eigenvalue weighted by Crippen LogP contribution is -2.57. The fraction of sp³-hybridized carbons (Fsp3) is 0.240. The molecule has 174 valence electrons. The first-order valence-corrected chi connectivity index (χ1v) is 20.0. The molecular weight excluding hydrogens is 477 g/mol. The van der Waals surface area contributed by atoms with Crippen LogP contribution in [0.5, 0.6) is 0 Å². The Bertz CT molecular complexity index is 1470. The minimum Gasteiger partial charge on any atom is -0.433 e. The van der Waals surface area contributed by atoms with Crippen LogP contribution in [-0.2, 0) is 8.23 Å². The number of hydrogen-bond acceptors (Lipinski definition) is 5. The van der Waals surface area contributed by atoms with Crippen molar-refractivity contribution >= 4 is 63.1 Å². The molecule has 0 spiro atoms. The maximum absolute atomic E-state index is 11.6. The average molecular weight is 505 g/mol. The smallest absolute Gasteiger partial charge is 0.311 e. The highest BCUT2D eigenvalue weighted by Gasteiger charge is 2.48. The first-order chi connectivity index (χ1) is 15.9. The standard InChI is InChI=1S/C25H28N2O4Si3/c1-32(2)23-15-20-22(16-24(23)33(3,4)31-34(5,6)30-32)26-21-13-12-18(27(28)29)14-19(21)25(20)17-10-8-7-9-11-17/h7-16H,1-6H3. The molecule has 0 N–H and O–H groups in total. The third-order valence-electron chi connectivity index (χ3n) is 6.47. The molecule has 9 heteroatoms. The summed E-state index contributed by atoms with van der Waals surface area (Å²) < 4.78 is 13.5. The van der Waals surface area contributed by atoms with Gasteiger partial charge in [-0.1, -0.05) is 36.4 Å². The first-order valence-electron chi connectivity index (χ1n) is 11.4. The van der Waals surface area contributed by atoms with Gasteiger partial charge in [0.15, 0.2) is 0 Å². The van der Waals surface area contributed by atoms with Gasteiger partial charge < -0.3 is 8.23 Å². The van der Waals surface area contributed by atoms with Crippen LogP contribution in [0.2, 0.25) is 39.3 Å². The molecule has 0 unspecified atom stereocenters. The minimum atomic E-state index is -2.30. The number of non-ortho nitro benzene ring substituents is 1. The van der Waals surface area contributed by atoms with Crippen LogP contribution in [-0.4, -0.2) is 35.1 Å². The predicted octanol–water partition coefficient (Wildman–Crippen LogP) is 5.54. The molecule has 1 aromatic heterocycles. The Kier molecular flexibility index (Phi) is 5.19. The van der Waals surface area contributed by atoms with Crippen molar-refractivity contribution in [1.82, 2.24) is 4.98 Å². The summed E-state index contributed by atoms with van der Waals surface area (Å²) in [5.41, 5.74) is 3.67. The lowest BCUT2D eigenvalue weighted by Gasteiger charge is -2.33. The zero-order chi connectivity index (χ0) is 24.5. The van der Waals surface area contributed by atoms with E-state index >= 15 is 0 Å². The number of nitro benzene ring substituents is 1. The van der Waals surface area contributed by atoms with E-state index in [0.717, 1.165) is 32.9 Å². The van der Waals surface area contributed by atoms with E-state index in [1.54, 1.807) is 12.1 Å². The maximum atomic E-state index is 11.6. The van der Waals surface area contributed by atoms with E-state index in [-0.39, 0.29) is 10.6 Å². The van der Waals surface area contributed by atoms with Crippen molar-refractivity contribution < 1.29 is 13.2 Å². The van der Waals surface area contributed by atoms with Crippen molar-refractivity contribution in [3.63, 3.8) is 0 Å². The van der Waals surface area contributed by atoms with Gasteiger partial charge in [0.05, 0.1) is 16.0 Å². The number of pyridine rings is 1. The van der Waals surface area contributed by atoms with Crippen molar-refractivity contribution in [2.24, 2.45) is 0 Å². The Morgan fingerprint density at radius 3 is 1.97 bits per heavy atom. The normalized spacial score (nSPS) is 18.4. The van der Waals surface area contributed by atoms with E-state index in [1.165, 1.54) is 16.4 Å². The molecule has 2 heterocycles. The topological polar surface area (TPSA) is 74.5 Å². The highest BCUT2D eigenvalue weighted by atomic mass is 28.5. The molecule has 0 saturated heterocycles. The third-order valence-corrected chi connectivity index (χ3v) is 18.2. The van der Waals surface area contributed by atoms with E-state index in [1.807, 2.05) is 18.2 Å². The number of nitrogens with zero attached hydrogens (tertiary/aromatic N) is 2. The van der Waals surface area contributed by atoms with Crippen LogP contribution < -0.4 is 10.4 Å². The molecule has 3 aromatic carbocycles. The maximum Gasteiger partial charge on any atom is 0.311 e. The fourth-order valence-corrected chi connectivity index (χ4v) is 20.8. The van der Waals surface area contributed by atoms with Gasteiger partial charge in [0.25, 0.3) is 5.69 Å². The Labute approximate surface area is 202 Å². The molecule has 0 saturated carbocycles. The quantitative estimate of drug-likeness (QED) is 0.155. The van der Waals surface area contributed by atoms with Gasteiger partial charge in [0.2, 0.25) is 16.6 Å². The molecule has 1 aliphatic rings. The summed E-state index contributed by atoms with van der Waals surface area (Å²) in [6.07, 6.45) is 0. The Hall–Kier alpha value is -2.70. The molecule has 0 fully saturated rings. The largest absolute Gasteiger partial charge is 0.433 e. The van der Waals surface area contributed by atoms with Crippen molar-refractivity contribution in [2.75, 3.05) is 0 Å². The summed E-state index contributed by atoms with van der Waals surface area (Å²) in [6, 6.07) is 19.4. The molecule has 5 rings (SSSR count). The summed E-state index contributed by atoms with van der Waals surface area (Å²) in [5, 5.41) is 15.8. The molecular formula is C25H28N2O4Si3. The molecule has 0 radical (unpaired) electrons. The van der Waals surface area contributed by atoms with Crippen LogP contribution in [0.15, 0.2) is 60.7 Å². The number of rotatable bonds is 2. The van der Waals surface area contributed by atoms with E-state index < -0.39 is 25.2 Å². The molecule has 1 aliphatic heterocycles. The van der Waals surface area contributed by atoms with E-state index in [9.17, 15) is 10.1 Å². The highest BCUT2D eigenvalue weighted by Crippen LogP contribution is 2.37. The van der Waals surface area contributed by atoms with Crippen LogP contribution in [0.4, 0.5) is 5.69 Å². The number of benzene rings is 3. The second-order valence-corrected chi connectivity index (χ2v) is 21.9. The fourth-order valence-electron chi connectivity index (χ4n) is 5.36. The first kappa shape index (κ1) is 23.1. The average Bonchev–Trinajstić information content (AvgIpc) is 2.79. The molecule has 0 aliphatic carbocycles. The Balaban J connectivity index is 1.94. The Morgan fingerprint density at radius 1 is 0.765 bits per heavy atom. The van der Waals surface area contributed by atoms with Gasteiger partial charge >= 0.3 is 8.56 Å². The number of hydrogen-bond donors (Lipinski definition) is 0. The van der Waals surface area contributed by atoms with Crippen LogP contribution in [0.25, 0.3) is 32.9 Å². The third kappa shape index (κ3) is 3.83. The summed E-state index contributed by atoms with van der Waals surface area (Å²) >= 11 is 0. The summed E-state index contributed by atoms with van der Waals surface area (Å²) in [7, 11) is -6.84. The lowest BCUT2D eigenvalue weighted by atomic mass is 9.96. The molecule has 34 heavy (non-hydrogen) atoms. The van der Waals surface area contributed by atoms with E-state index in [4.69, 9.17) is 13.2 Å². The highest BCUT2D eigenvalue weighted by molar-refractivity contribution is 7.03. The van der Waals surface area contributed by atoms with Crippen LogP contribution in [0.3, 0.4) is 0 Å². The number of aromatic nitrogens is 1. The second kappa shape index (κ2) is 7.65. The van der Waals surface area contributed by atoms with Crippen molar-refractivity contribution in [2.45, 2.75) is 39.3 Å². The second-order valence-electron chi connectivity index (χ2n) is 10.4. The SMILES string of the molecule is C[Si]1(C)O[Si](C)(C)c2cc3nc4ccc([N+](=O)[O-])cc4c(-c4ccccc4)c3cc2[Si](C)(C)O1. The van der Waals surface area contributed by atoms with Crippen LogP contribution in [0, 0.1) is 10.1 Å². The molecule has 0 bridgehead atoms. The summed E-state index contributed by atoms with van der Waals surface area (Å²) in [6.45, 7) is 13.3. The van der Waals surface area contributed by atoms with Gasteiger partial charge in [-0.15, -0.1) is 0 Å². The number of fused-ring (bicyclic) bond motifs is 3. The summed E-state index contributed by atoms with van der Waals surface area (Å²) in [4.78, 5) is 16.2. The van der Waals surface area contributed by atoms with E-state index in [2.05, 4.69) is 63.5 Å². The van der Waals surface area contributed by atoms with Crippen molar-refractivity contribution in [3.8, 4) is 11.1 Å². The van der Waals surface area contributed by atoms with Crippen molar-refractivity contribution in [3.05, 3.63) is 70.8 Å². The zero-order valence-corrected chi connectivity index (χ0v) is 23.3. The summed E-state index contributed by atoms with van der Waals surface area (Å²) in [5.74, 6) is 0. The number of nitro groups is 1. The van der Waals surface area contributed by atoms with Gasteiger partial charge in [0, 0.05) is 28.5 Å². The zero-order valence-electron chi connectivity index (χ0n) is 20.3. The van der Waals surface area contributed by atoms with Crippen molar-refractivity contribution in [1.29, 1.82) is 0 Å². The van der Waals surface area contributed by atoms with Gasteiger partial charge in [-0.3, -0.25) is 10.1 Å². The minimum absolute atomic E-state index is 0.0633. The van der Waals surface area contributed by atoms with Gasteiger partial charge in [-0.25, -0.2) is 4.98 Å². The van der Waals surface area contributed by atoms with E-state index in [0.29, 0.717) is 0 Å². The molecule has 6 nitrogen and oxygen atoms in total. The monoisotopic (exact) mass is 504 g/mol. The molecule has 0 atom stereocenters. The van der Waals surface area contributed by atoms with Crippen LogP contribution >= 0.6 is 0 Å². The lowest BCUT2D eigenvalue weighted by molar-refractivity contribution is -0.384. The van der Waals surface area contributed by atoms with Gasteiger partial charge in [-0.2, -0.15) is 0 Å². The van der Waals surface area contributed by atoms with Gasteiger partial charge in [0.1, 0.15) is 0 Å². The van der Waals surface area contributed by atoms with Gasteiger partial charge in [-0.05, 0) is 67.4 Å². The Morgan fingerprint density at radius 2 is 1.35 bits per heavy atom. The molecule has 0 amide bonds.